The summed E-state index contributed by atoms with van der Waals surface area (Å²) in [6.45, 7) is 0. The van der Waals surface area contributed by atoms with Gasteiger partial charge in [-0.15, -0.1) is 0 Å². The average Bonchev–Trinajstić information content (AvgIpc) is 2.60. The minimum Gasteiger partial charge on any atom is -0.302 e. The number of hydrogen-bond donors (Lipinski definition) is 0. The van der Waals surface area contributed by atoms with Crippen LogP contribution in [0.5, 0.6) is 0 Å². The molecular formula is C8H6BrN3O. The van der Waals surface area contributed by atoms with Crippen LogP contribution in [0, 0.1) is 0 Å². The van der Waals surface area contributed by atoms with E-state index in [1.807, 2.05) is 6.20 Å². The fraction of sp³-hybridized carbons (Fsp3) is 0.125. The minimum absolute atomic E-state index is 0.327. The molecule has 2 rings (SSSR count). The van der Waals surface area contributed by atoms with E-state index < -0.39 is 0 Å². The summed E-state index contributed by atoms with van der Waals surface area (Å²) in [6.07, 6.45) is 5.94. The summed E-state index contributed by atoms with van der Waals surface area (Å²) in [5, 5.41) is 0. The highest BCUT2D eigenvalue weighted by molar-refractivity contribution is 9.09. The monoisotopic (exact) mass is 239 g/mol. The van der Waals surface area contributed by atoms with Crippen molar-refractivity contribution in [1.82, 2.24) is 14.4 Å². The van der Waals surface area contributed by atoms with Crippen molar-refractivity contribution >= 4 is 28.0 Å². The Morgan fingerprint density at radius 3 is 3.15 bits per heavy atom. The van der Waals surface area contributed by atoms with Gasteiger partial charge in [0.2, 0.25) is 5.78 Å². The van der Waals surface area contributed by atoms with Crippen LogP contribution in [0.25, 0.3) is 5.78 Å². The summed E-state index contributed by atoms with van der Waals surface area (Å²) in [6, 6.07) is 1.79. The smallest absolute Gasteiger partial charge is 0.233 e. The van der Waals surface area contributed by atoms with Crippen LogP contribution in [-0.4, -0.2) is 20.7 Å². The first kappa shape index (κ1) is 8.37. The van der Waals surface area contributed by atoms with E-state index in [0.717, 1.165) is 12.0 Å². The normalized spacial score (nSPS) is 13.0. The fourth-order valence-electron chi connectivity index (χ4n) is 1.12. The lowest BCUT2D eigenvalue weighted by Gasteiger charge is -2.00. The SMILES string of the molecule is O=CC(Br)c1cnc2ncccn12. The molecule has 0 aliphatic rings. The van der Waals surface area contributed by atoms with E-state index in [1.165, 1.54) is 0 Å². The molecule has 2 aromatic heterocycles. The molecule has 4 nitrogen and oxygen atoms in total. The van der Waals surface area contributed by atoms with Crippen LogP contribution in [0.2, 0.25) is 0 Å². The number of rotatable bonds is 2. The average molecular weight is 240 g/mol. The van der Waals surface area contributed by atoms with Crippen molar-refractivity contribution in [1.29, 1.82) is 0 Å². The standard InChI is InChI=1S/C8H6BrN3O/c9-6(5-13)7-4-11-8-10-2-1-3-12(7)8/h1-6H. The maximum Gasteiger partial charge on any atom is 0.233 e. The Morgan fingerprint density at radius 2 is 2.38 bits per heavy atom. The quantitative estimate of drug-likeness (QED) is 0.588. The molecule has 0 aromatic carbocycles. The van der Waals surface area contributed by atoms with Crippen LogP contribution in [0.3, 0.4) is 0 Å². The molecule has 0 saturated carbocycles. The highest BCUT2D eigenvalue weighted by atomic mass is 79.9. The Bertz CT molecular complexity index is 440. The molecule has 13 heavy (non-hydrogen) atoms. The maximum absolute atomic E-state index is 10.5. The molecule has 66 valence electrons. The van der Waals surface area contributed by atoms with Gasteiger partial charge in [-0.2, -0.15) is 0 Å². The van der Waals surface area contributed by atoms with E-state index in [-0.39, 0.29) is 4.83 Å². The van der Waals surface area contributed by atoms with Gasteiger partial charge >= 0.3 is 0 Å². The van der Waals surface area contributed by atoms with Gasteiger partial charge in [-0.25, -0.2) is 9.97 Å². The Hall–Kier alpha value is -1.23. The van der Waals surface area contributed by atoms with Gasteiger partial charge < -0.3 is 4.79 Å². The molecule has 5 heteroatoms. The molecule has 0 spiro atoms. The van der Waals surface area contributed by atoms with E-state index >= 15 is 0 Å². The van der Waals surface area contributed by atoms with Gasteiger partial charge in [0, 0.05) is 12.4 Å². The summed E-state index contributed by atoms with van der Waals surface area (Å²) in [7, 11) is 0. The Kier molecular flexibility index (Phi) is 2.10. The summed E-state index contributed by atoms with van der Waals surface area (Å²) in [5.74, 6) is 0.601. The lowest BCUT2D eigenvalue weighted by molar-refractivity contribution is -0.107. The number of aromatic nitrogens is 3. The first-order chi connectivity index (χ1) is 6.33. The zero-order valence-corrected chi connectivity index (χ0v) is 8.18. The molecule has 0 bridgehead atoms. The minimum atomic E-state index is -0.327. The van der Waals surface area contributed by atoms with Crippen molar-refractivity contribution in [2.24, 2.45) is 0 Å². The molecule has 1 unspecified atom stereocenters. The van der Waals surface area contributed by atoms with Crippen LogP contribution in [0.4, 0.5) is 0 Å². The van der Waals surface area contributed by atoms with Crippen molar-refractivity contribution in [3.05, 3.63) is 30.4 Å². The molecule has 0 radical (unpaired) electrons. The Balaban J connectivity index is 2.64. The number of alkyl halides is 1. The number of halogens is 1. The number of hydrogen-bond acceptors (Lipinski definition) is 3. The Labute approximate surface area is 82.7 Å². The Morgan fingerprint density at radius 1 is 1.54 bits per heavy atom. The first-order valence-electron chi connectivity index (χ1n) is 3.70. The lowest BCUT2D eigenvalue weighted by atomic mass is 10.3. The third kappa shape index (κ3) is 1.35. The lowest BCUT2D eigenvalue weighted by Crippen LogP contribution is -1.96. The predicted octanol–water partition coefficient (Wildman–Crippen LogP) is 1.36. The molecule has 0 saturated heterocycles. The summed E-state index contributed by atoms with van der Waals surface area (Å²) >= 11 is 3.23. The van der Waals surface area contributed by atoms with E-state index in [2.05, 4.69) is 25.9 Å². The fourth-order valence-corrected chi connectivity index (χ4v) is 1.46. The third-order valence-electron chi connectivity index (χ3n) is 1.72. The second-order valence-corrected chi connectivity index (χ2v) is 3.50. The van der Waals surface area contributed by atoms with Gasteiger partial charge in [-0.1, -0.05) is 15.9 Å². The van der Waals surface area contributed by atoms with Crippen molar-refractivity contribution in [2.45, 2.75) is 4.83 Å². The summed E-state index contributed by atoms with van der Waals surface area (Å²) in [5.41, 5.74) is 0.790. The van der Waals surface area contributed by atoms with Gasteiger partial charge in [-0.05, 0) is 6.07 Å². The number of carbonyl (C=O) groups excluding carboxylic acids is 1. The molecule has 0 aliphatic carbocycles. The van der Waals surface area contributed by atoms with E-state index in [4.69, 9.17) is 0 Å². The summed E-state index contributed by atoms with van der Waals surface area (Å²) < 4.78 is 1.77. The van der Waals surface area contributed by atoms with E-state index in [0.29, 0.717) is 5.78 Å². The van der Waals surface area contributed by atoms with Crippen LogP contribution < -0.4 is 0 Å². The third-order valence-corrected chi connectivity index (χ3v) is 2.40. The van der Waals surface area contributed by atoms with Crippen molar-refractivity contribution in [2.75, 3.05) is 0 Å². The second-order valence-electron chi connectivity index (χ2n) is 2.51. The topological polar surface area (TPSA) is 47.3 Å². The largest absolute Gasteiger partial charge is 0.302 e. The molecule has 2 heterocycles. The molecular weight excluding hydrogens is 234 g/mol. The number of carbonyl (C=O) groups is 1. The molecule has 1 atom stereocenters. The number of imidazole rings is 1. The van der Waals surface area contributed by atoms with Crippen LogP contribution in [-0.2, 0) is 4.79 Å². The van der Waals surface area contributed by atoms with Crippen molar-refractivity contribution in [3.8, 4) is 0 Å². The van der Waals surface area contributed by atoms with Crippen LogP contribution >= 0.6 is 15.9 Å². The highest BCUT2D eigenvalue weighted by Gasteiger charge is 2.11. The van der Waals surface area contributed by atoms with E-state index in [9.17, 15) is 4.79 Å². The molecule has 0 amide bonds. The molecule has 2 aromatic rings. The van der Waals surface area contributed by atoms with Crippen molar-refractivity contribution < 1.29 is 4.79 Å². The van der Waals surface area contributed by atoms with Crippen molar-refractivity contribution in [3.63, 3.8) is 0 Å². The van der Waals surface area contributed by atoms with E-state index in [1.54, 1.807) is 22.9 Å². The maximum atomic E-state index is 10.5. The first-order valence-corrected chi connectivity index (χ1v) is 4.62. The van der Waals surface area contributed by atoms with Crippen LogP contribution in [0.15, 0.2) is 24.7 Å². The van der Waals surface area contributed by atoms with Gasteiger partial charge in [-0.3, -0.25) is 4.40 Å². The predicted molar refractivity (Wildman–Crippen MR) is 50.7 cm³/mol. The highest BCUT2D eigenvalue weighted by Crippen LogP contribution is 2.19. The number of nitrogens with zero attached hydrogens (tertiary/aromatic N) is 3. The molecule has 0 N–H and O–H groups in total. The zero-order valence-electron chi connectivity index (χ0n) is 6.59. The second kappa shape index (κ2) is 3.26. The molecule has 0 aliphatic heterocycles. The summed E-state index contributed by atoms with van der Waals surface area (Å²) in [4.78, 5) is 18.3. The zero-order chi connectivity index (χ0) is 9.26. The van der Waals surface area contributed by atoms with Gasteiger partial charge in [0.25, 0.3) is 0 Å². The van der Waals surface area contributed by atoms with Gasteiger partial charge in [0.1, 0.15) is 11.1 Å². The number of aldehydes is 1. The molecule has 0 fully saturated rings. The van der Waals surface area contributed by atoms with Gasteiger partial charge in [0.15, 0.2) is 0 Å². The van der Waals surface area contributed by atoms with Crippen LogP contribution in [0.1, 0.15) is 10.5 Å². The van der Waals surface area contributed by atoms with Gasteiger partial charge in [0.05, 0.1) is 11.9 Å². The number of fused-ring (bicyclic) bond motifs is 1.